The topological polar surface area (TPSA) is 111 Å². The van der Waals surface area contributed by atoms with Crippen molar-refractivity contribution in [3.8, 4) is 0 Å². The minimum absolute atomic E-state index is 0.000943. The second-order valence-electron chi connectivity index (χ2n) is 3.76. The van der Waals surface area contributed by atoms with Crippen LogP contribution in [0.5, 0.6) is 0 Å². The average molecular weight is 360 g/mol. The first-order valence-electron chi connectivity index (χ1n) is 6.04. The fourth-order valence-electron chi connectivity index (χ4n) is 1.44. The van der Waals surface area contributed by atoms with Gasteiger partial charge in [-0.05, 0) is 4.92 Å². The van der Waals surface area contributed by atoms with Gasteiger partial charge in [-0.1, -0.05) is 4.98 Å². The van der Waals surface area contributed by atoms with Crippen LogP contribution >= 0.6 is 30.9 Å². The lowest BCUT2D eigenvalue weighted by molar-refractivity contribution is -0.396. The van der Waals surface area contributed by atoms with E-state index >= 15 is 0 Å². The summed E-state index contributed by atoms with van der Waals surface area (Å²) < 4.78 is 18.9. The molecule has 9 nitrogen and oxygen atoms in total. The van der Waals surface area contributed by atoms with E-state index in [0.717, 1.165) is 0 Å². The van der Waals surface area contributed by atoms with E-state index in [1.54, 1.807) is 0 Å². The lowest BCUT2D eigenvalue weighted by Gasteiger charge is -2.19. The van der Waals surface area contributed by atoms with Crippen LogP contribution in [0.25, 0.3) is 0 Å². The Kier molecular flexibility index (Phi) is 8.16. The third-order valence-corrected chi connectivity index (χ3v) is 4.49. The maximum Gasteiger partial charge on any atom is 0.434 e. The number of nitrogens with one attached hydrogen (secondary N) is 2. The molecule has 1 aromatic heterocycles. The molecule has 0 aromatic carbocycles. The molecule has 0 saturated carbocycles. The molecule has 0 spiro atoms. The summed E-state index contributed by atoms with van der Waals surface area (Å²) in [5.41, 5.74) is 0. The van der Waals surface area contributed by atoms with Crippen LogP contribution in [0.1, 0.15) is 0 Å². The van der Waals surface area contributed by atoms with Gasteiger partial charge in [0.05, 0.1) is 13.2 Å². The zero-order chi connectivity index (χ0) is 15.7. The van der Waals surface area contributed by atoms with Crippen molar-refractivity contribution in [1.29, 1.82) is 0 Å². The number of rotatable bonds is 11. The number of nitrogens with zero attached hydrogens (tertiary/aromatic N) is 3. The molecule has 0 saturated heterocycles. The van der Waals surface area contributed by atoms with Gasteiger partial charge in [0, 0.05) is 24.8 Å². The van der Waals surface area contributed by atoms with E-state index in [2.05, 4.69) is 15.2 Å². The van der Waals surface area contributed by atoms with Gasteiger partial charge >= 0.3 is 13.6 Å². The van der Waals surface area contributed by atoms with Gasteiger partial charge in [-0.2, -0.15) is 0 Å². The molecule has 0 aliphatic heterocycles. The van der Waals surface area contributed by atoms with Crippen LogP contribution in [0.15, 0.2) is 12.4 Å². The molecule has 0 bridgehead atoms. The van der Waals surface area contributed by atoms with Crippen molar-refractivity contribution in [1.82, 2.24) is 19.7 Å². The Bertz CT molecular complexity index is 488. The van der Waals surface area contributed by atoms with Crippen LogP contribution < -0.4 is 10.2 Å². The van der Waals surface area contributed by atoms with Crippen LogP contribution in [0, 0.1) is 10.1 Å². The molecule has 12 heteroatoms. The van der Waals surface area contributed by atoms with Gasteiger partial charge in [0.2, 0.25) is 0 Å². The molecule has 2 N–H and O–H groups in total. The summed E-state index contributed by atoms with van der Waals surface area (Å²) in [6.45, 7) is 0.725. The number of hydrogen-bond acceptors (Lipinski definition) is 5. The van der Waals surface area contributed by atoms with Crippen LogP contribution in [0.3, 0.4) is 0 Å². The van der Waals surface area contributed by atoms with Gasteiger partial charge in [0.15, 0.2) is 0 Å². The van der Waals surface area contributed by atoms with Gasteiger partial charge in [-0.3, -0.25) is 4.57 Å². The Hall–Kier alpha value is -0.700. The maximum atomic E-state index is 12.4. The lowest BCUT2D eigenvalue weighted by atomic mass is 10.6. The van der Waals surface area contributed by atoms with E-state index in [0.29, 0.717) is 13.1 Å². The van der Waals surface area contributed by atoms with Crippen LogP contribution in [-0.2, 0) is 15.6 Å². The summed E-state index contributed by atoms with van der Waals surface area (Å²) in [6, 6.07) is 0. The molecule has 0 aliphatic rings. The largest absolute Gasteiger partial charge is 0.434 e. The van der Waals surface area contributed by atoms with Crippen LogP contribution in [0.2, 0.25) is 0 Å². The summed E-state index contributed by atoms with van der Waals surface area (Å²) in [7, 11) is -3.28. The first-order chi connectivity index (χ1) is 10.0. The smallest absolute Gasteiger partial charge is 0.390 e. The van der Waals surface area contributed by atoms with Gasteiger partial charge in [-0.25, -0.2) is 14.7 Å². The summed E-state index contributed by atoms with van der Waals surface area (Å²) in [5, 5.41) is 16.0. The summed E-state index contributed by atoms with van der Waals surface area (Å²) in [5.74, 6) is 0.238. The molecule has 1 rings (SSSR count). The summed E-state index contributed by atoms with van der Waals surface area (Å²) in [6.07, 6.45) is 2.76. The van der Waals surface area contributed by atoms with Gasteiger partial charge in [0.25, 0.3) is 0 Å². The SMILES string of the molecule is O=[N+]([O-])c1nccn1CCOP(=O)(NCCCl)NCCCl. The van der Waals surface area contributed by atoms with Crippen molar-refractivity contribution in [2.24, 2.45) is 0 Å². The molecule has 0 amide bonds. The Labute approximate surface area is 131 Å². The zero-order valence-electron chi connectivity index (χ0n) is 11.1. The minimum atomic E-state index is -3.28. The monoisotopic (exact) mass is 359 g/mol. The molecule has 0 unspecified atom stereocenters. The number of alkyl halides is 2. The van der Waals surface area contributed by atoms with Gasteiger partial charge in [-0.15, -0.1) is 23.2 Å². The van der Waals surface area contributed by atoms with Crippen molar-refractivity contribution in [2.45, 2.75) is 6.54 Å². The molecule has 0 aliphatic carbocycles. The minimum Gasteiger partial charge on any atom is -0.390 e. The average Bonchev–Trinajstić information content (AvgIpc) is 2.92. The van der Waals surface area contributed by atoms with E-state index in [1.807, 2.05) is 0 Å². The first kappa shape index (κ1) is 18.3. The third kappa shape index (κ3) is 6.29. The maximum absolute atomic E-state index is 12.4. The van der Waals surface area contributed by atoms with E-state index in [9.17, 15) is 14.7 Å². The molecule has 120 valence electrons. The molecule has 0 fully saturated rings. The second kappa shape index (κ2) is 9.34. The predicted octanol–water partition coefficient (Wildman–Crippen LogP) is 1.57. The normalized spacial score (nSPS) is 11.7. The Morgan fingerprint density at radius 1 is 1.38 bits per heavy atom. The Balaban J connectivity index is 2.54. The molecule has 1 aromatic rings. The van der Waals surface area contributed by atoms with E-state index in [-0.39, 0.29) is 30.9 Å². The Morgan fingerprint density at radius 3 is 2.52 bits per heavy atom. The summed E-state index contributed by atoms with van der Waals surface area (Å²) >= 11 is 11.1. The Morgan fingerprint density at radius 2 is 2.00 bits per heavy atom. The van der Waals surface area contributed by atoms with Crippen LogP contribution in [-0.4, -0.2) is 45.9 Å². The highest BCUT2D eigenvalue weighted by molar-refractivity contribution is 7.54. The first-order valence-corrected chi connectivity index (χ1v) is 8.74. The highest BCUT2D eigenvalue weighted by atomic mass is 35.5. The second-order valence-corrected chi connectivity index (χ2v) is 6.51. The highest BCUT2D eigenvalue weighted by Crippen LogP contribution is 2.36. The molecule has 0 atom stereocenters. The molecule has 0 radical (unpaired) electrons. The third-order valence-electron chi connectivity index (χ3n) is 2.29. The predicted molar refractivity (Wildman–Crippen MR) is 79.9 cm³/mol. The van der Waals surface area contributed by atoms with E-state index in [4.69, 9.17) is 27.7 Å². The number of imidazole rings is 1. The van der Waals surface area contributed by atoms with E-state index in [1.165, 1.54) is 17.0 Å². The standard InChI is InChI=1S/C9H16Cl2N5O4P/c10-1-3-13-21(19,14-4-2-11)20-8-7-15-6-5-12-9(15)16(17)18/h5-6H,1-4,7-8H2,(H2,13,14,19). The zero-order valence-corrected chi connectivity index (χ0v) is 13.5. The fraction of sp³-hybridized carbons (Fsp3) is 0.667. The molecule has 1 heterocycles. The van der Waals surface area contributed by atoms with Crippen LogP contribution in [0.4, 0.5) is 5.95 Å². The number of aromatic nitrogens is 2. The van der Waals surface area contributed by atoms with Gasteiger partial charge < -0.3 is 14.6 Å². The fourth-order valence-corrected chi connectivity index (χ4v) is 3.34. The van der Waals surface area contributed by atoms with Crippen molar-refractivity contribution in [3.05, 3.63) is 22.5 Å². The van der Waals surface area contributed by atoms with E-state index < -0.39 is 12.6 Å². The quantitative estimate of drug-likeness (QED) is 0.267. The van der Waals surface area contributed by atoms with Crippen molar-refractivity contribution in [3.63, 3.8) is 0 Å². The van der Waals surface area contributed by atoms with Crippen molar-refractivity contribution < 1.29 is 14.0 Å². The molecule has 21 heavy (non-hydrogen) atoms. The highest BCUT2D eigenvalue weighted by Gasteiger charge is 2.22. The lowest BCUT2D eigenvalue weighted by Crippen LogP contribution is -2.27. The van der Waals surface area contributed by atoms with Crippen molar-refractivity contribution >= 4 is 36.8 Å². The number of hydrogen-bond donors (Lipinski definition) is 2. The summed E-state index contributed by atoms with van der Waals surface area (Å²) in [4.78, 5) is 13.7. The van der Waals surface area contributed by atoms with Crippen molar-refractivity contribution in [2.75, 3.05) is 31.5 Å². The number of halogens is 2. The molecular weight excluding hydrogens is 344 g/mol. The number of nitro groups is 1. The molecular formula is C9H16Cl2N5O4P. The van der Waals surface area contributed by atoms with Gasteiger partial charge in [0.1, 0.15) is 12.4 Å².